The second-order valence-electron chi connectivity index (χ2n) is 6.26. The Morgan fingerprint density at radius 2 is 1.78 bits per heavy atom. The first kappa shape index (κ1) is 17.2. The first-order valence-electron chi connectivity index (χ1n) is 8.39. The number of hydrogen-bond acceptors (Lipinski definition) is 5. The number of aliphatic hydroxyl groups excluding tert-OH is 1. The van der Waals surface area contributed by atoms with Crippen LogP contribution < -0.4 is 4.90 Å². The zero-order valence-electron chi connectivity index (χ0n) is 14.5. The molecule has 1 aromatic carbocycles. The van der Waals surface area contributed by atoms with E-state index in [-0.39, 0.29) is 11.3 Å². The van der Waals surface area contributed by atoms with Crippen molar-refractivity contribution in [3.8, 4) is 0 Å². The number of carbonyl (C=O) groups is 2. The third kappa shape index (κ3) is 2.94. The average Bonchev–Trinajstić information content (AvgIpc) is 3.30. The van der Waals surface area contributed by atoms with Crippen LogP contribution in [0.4, 0.5) is 5.69 Å². The van der Waals surface area contributed by atoms with Crippen LogP contribution in [0.5, 0.6) is 0 Å². The van der Waals surface area contributed by atoms with Gasteiger partial charge in [0, 0.05) is 28.5 Å². The number of pyridine rings is 1. The summed E-state index contributed by atoms with van der Waals surface area (Å²) in [6.07, 6.45) is 3.07. The topological polar surface area (TPSA) is 70.5 Å². The molecule has 0 saturated carbocycles. The molecule has 0 radical (unpaired) electrons. The molecule has 0 spiro atoms. The lowest BCUT2D eigenvalue weighted by Crippen LogP contribution is -2.29. The maximum absolute atomic E-state index is 12.9. The van der Waals surface area contributed by atoms with Crippen molar-refractivity contribution in [1.29, 1.82) is 0 Å². The third-order valence-corrected chi connectivity index (χ3v) is 5.45. The van der Waals surface area contributed by atoms with Crippen LogP contribution in [-0.4, -0.2) is 21.8 Å². The van der Waals surface area contributed by atoms with Gasteiger partial charge in [0.1, 0.15) is 11.8 Å². The zero-order chi connectivity index (χ0) is 19.0. The summed E-state index contributed by atoms with van der Waals surface area (Å²) in [6, 6.07) is 13.7. The van der Waals surface area contributed by atoms with Gasteiger partial charge in [-0.3, -0.25) is 19.5 Å². The number of rotatable bonds is 3. The lowest BCUT2D eigenvalue weighted by molar-refractivity contribution is -0.132. The third-order valence-electron chi connectivity index (χ3n) is 4.52. The normalized spacial score (nSPS) is 18.9. The fraction of sp³-hybridized carbons (Fsp3) is 0.0952. The van der Waals surface area contributed by atoms with Gasteiger partial charge < -0.3 is 5.11 Å². The van der Waals surface area contributed by atoms with Gasteiger partial charge in [0.25, 0.3) is 11.7 Å². The van der Waals surface area contributed by atoms with E-state index in [1.54, 1.807) is 12.1 Å². The summed E-state index contributed by atoms with van der Waals surface area (Å²) in [6.45, 7) is 1.96. The molecule has 3 aromatic rings. The minimum atomic E-state index is -0.691. The summed E-state index contributed by atoms with van der Waals surface area (Å²) in [4.78, 5) is 31.9. The summed E-state index contributed by atoms with van der Waals surface area (Å²) < 4.78 is 0. The van der Waals surface area contributed by atoms with Gasteiger partial charge in [-0.05, 0) is 42.6 Å². The molecule has 3 heterocycles. The Bertz CT molecular complexity index is 1030. The zero-order valence-corrected chi connectivity index (χ0v) is 15.3. The lowest BCUT2D eigenvalue weighted by Gasteiger charge is -2.24. The Hall–Kier alpha value is -3.25. The fourth-order valence-electron chi connectivity index (χ4n) is 3.19. The molecule has 1 N–H and O–H groups in total. The maximum Gasteiger partial charge on any atom is 0.300 e. The highest BCUT2D eigenvalue weighted by Crippen LogP contribution is 2.43. The Morgan fingerprint density at radius 1 is 1.07 bits per heavy atom. The molecule has 5 nitrogen and oxygen atoms in total. The van der Waals surface area contributed by atoms with Crippen LogP contribution in [-0.2, 0) is 9.59 Å². The van der Waals surface area contributed by atoms with Crippen LogP contribution in [0.2, 0.25) is 0 Å². The number of amides is 1. The first-order valence-corrected chi connectivity index (χ1v) is 9.27. The number of hydrogen-bond donors (Lipinski definition) is 1. The fourth-order valence-corrected chi connectivity index (χ4v) is 4.01. The molecule has 0 aliphatic carbocycles. The molecule has 1 unspecified atom stereocenters. The van der Waals surface area contributed by atoms with Crippen LogP contribution >= 0.6 is 11.3 Å². The summed E-state index contributed by atoms with van der Waals surface area (Å²) in [5.74, 6) is -1.53. The predicted octanol–water partition coefficient (Wildman–Crippen LogP) is 4.08. The number of aromatic nitrogens is 1. The minimum Gasteiger partial charge on any atom is -0.507 e. The molecule has 2 aromatic heterocycles. The van der Waals surface area contributed by atoms with Crippen LogP contribution in [0.25, 0.3) is 5.76 Å². The van der Waals surface area contributed by atoms with Gasteiger partial charge in [-0.15, -0.1) is 11.3 Å². The summed E-state index contributed by atoms with van der Waals surface area (Å²) >= 11 is 1.44. The predicted molar refractivity (Wildman–Crippen MR) is 105 cm³/mol. The molecule has 0 bridgehead atoms. The summed E-state index contributed by atoms with van der Waals surface area (Å²) in [5, 5.41) is 12.7. The molecule has 1 fully saturated rings. The Labute approximate surface area is 160 Å². The SMILES string of the molecule is Cc1ccc(N2C(=O)C(=O)/C(=C(\O)c3ccncc3)C2c2cccs2)cc1. The number of anilines is 1. The molecular formula is C21H16N2O3S. The molecule has 134 valence electrons. The molecule has 4 rings (SSSR count). The number of nitrogens with zero attached hydrogens (tertiary/aromatic N) is 2. The standard InChI is InChI=1S/C21H16N2O3S/c1-13-4-6-15(7-5-13)23-18(16-3-2-12-27-16)17(20(25)21(23)26)19(24)14-8-10-22-11-9-14/h2-12,18,24H,1H3/b19-17-. The van der Waals surface area contributed by atoms with E-state index in [4.69, 9.17) is 0 Å². The van der Waals surface area contributed by atoms with Crippen molar-refractivity contribution >= 4 is 34.5 Å². The maximum atomic E-state index is 12.9. The summed E-state index contributed by atoms with van der Waals surface area (Å²) in [7, 11) is 0. The van der Waals surface area contributed by atoms with Crippen LogP contribution in [0, 0.1) is 6.92 Å². The number of thiophene rings is 1. The van der Waals surface area contributed by atoms with Crippen LogP contribution in [0.3, 0.4) is 0 Å². The van der Waals surface area contributed by atoms with Gasteiger partial charge >= 0.3 is 0 Å². The van der Waals surface area contributed by atoms with Crippen molar-refractivity contribution in [2.24, 2.45) is 0 Å². The quantitative estimate of drug-likeness (QED) is 0.425. The van der Waals surface area contributed by atoms with Crippen molar-refractivity contribution in [2.45, 2.75) is 13.0 Å². The van der Waals surface area contributed by atoms with Crippen LogP contribution in [0.1, 0.15) is 22.0 Å². The number of aliphatic hydroxyl groups is 1. The van der Waals surface area contributed by atoms with Crippen molar-refractivity contribution in [3.05, 3.63) is 87.9 Å². The second kappa shape index (κ2) is 6.81. The number of benzene rings is 1. The second-order valence-corrected chi connectivity index (χ2v) is 7.24. The Morgan fingerprint density at radius 3 is 2.41 bits per heavy atom. The van der Waals surface area contributed by atoms with Crippen LogP contribution in [0.15, 0.2) is 71.9 Å². The van der Waals surface area contributed by atoms with E-state index in [1.807, 2.05) is 48.7 Å². The van der Waals surface area contributed by atoms with E-state index >= 15 is 0 Å². The highest BCUT2D eigenvalue weighted by Gasteiger charge is 2.47. The number of Topliss-reactive ketones (excluding diaryl/α,β-unsaturated/α-hetero) is 1. The van der Waals surface area contributed by atoms with Gasteiger partial charge in [-0.25, -0.2) is 0 Å². The monoisotopic (exact) mass is 376 g/mol. The number of carbonyl (C=O) groups excluding carboxylic acids is 2. The van der Waals surface area contributed by atoms with Crippen molar-refractivity contribution < 1.29 is 14.7 Å². The smallest absolute Gasteiger partial charge is 0.300 e. The van der Waals surface area contributed by atoms with E-state index in [2.05, 4.69) is 4.98 Å². The van der Waals surface area contributed by atoms with E-state index in [0.29, 0.717) is 11.3 Å². The van der Waals surface area contributed by atoms with Gasteiger partial charge in [-0.1, -0.05) is 23.8 Å². The molecule has 6 heteroatoms. The molecule has 1 aliphatic rings. The van der Waals surface area contributed by atoms with E-state index in [0.717, 1.165) is 10.4 Å². The molecule has 1 atom stereocenters. The minimum absolute atomic E-state index is 0.0919. The van der Waals surface area contributed by atoms with Gasteiger partial charge in [0.15, 0.2) is 0 Å². The van der Waals surface area contributed by atoms with E-state index < -0.39 is 17.7 Å². The van der Waals surface area contributed by atoms with Crippen molar-refractivity contribution in [1.82, 2.24) is 4.98 Å². The van der Waals surface area contributed by atoms with Crippen molar-refractivity contribution in [3.63, 3.8) is 0 Å². The Balaban J connectivity index is 1.92. The van der Waals surface area contributed by atoms with Crippen molar-refractivity contribution in [2.75, 3.05) is 4.90 Å². The van der Waals surface area contributed by atoms with Gasteiger partial charge in [0.2, 0.25) is 0 Å². The number of ketones is 1. The first-order chi connectivity index (χ1) is 13.1. The molecular weight excluding hydrogens is 360 g/mol. The summed E-state index contributed by atoms with van der Waals surface area (Å²) in [5.41, 5.74) is 2.22. The Kier molecular flexibility index (Phi) is 4.33. The largest absolute Gasteiger partial charge is 0.507 e. The number of aryl methyl sites for hydroxylation is 1. The highest BCUT2D eigenvalue weighted by atomic mass is 32.1. The van der Waals surface area contributed by atoms with Gasteiger partial charge in [-0.2, -0.15) is 0 Å². The average molecular weight is 376 g/mol. The highest BCUT2D eigenvalue weighted by molar-refractivity contribution is 7.10. The van der Waals surface area contributed by atoms with Gasteiger partial charge in [0.05, 0.1) is 5.57 Å². The van der Waals surface area contributed by atoms with E-state index in [1.165, 1.54) is 28.6 Å². The molecule has 27 heavy (non-hydrogen) atoms. The lowest BCUT2D eigenvalue weighted by atomic mass is 10.0. The molecule has 1 aliphatic heterocycles. The molecule has 1 saturated heterocycles. The van der Waals surface area contributed by atoms with E-state index in [9.17, 15) is 14.7 Å². The molecule has 1 amide bonds.